The molecule has 0 saturated carbocycles. The van der Waals surface area contributed by atoms with Crippen molar-refractivity contribution in [2.24, 2.45) is 0 Å². The number of hydrogen-bond acceptors (Lipinski definition) is 9. The van der Waals surface area contributed by atoms with Crippen LogP contribution in [-0.2, 0) is 4.74 Å². The van der Waals surface area contributed by atoms with Gasteiger partial charge < -0.3 is 0 Å². The Bertz CT molecular complexity index is 798. The van der Waals surface area contributed by atoms with E-state index in [4.69, 9.17) is 4.74 Å². The van der Waals surface area contributed by atoms with Crippen molar-refractivity contribution >= 4 is 49.0 Å². The fourth-order valence-electron chi connectivity index (χ4n) is 2.96. The number of aliphatic hydroxyl groups excluding tert-OH is 2. The van der Waals surface area contributed by atoms with Crippen LogP contribution < -0.4 is 8.44 Å². The molecule has 0 bridgehead atoms. The third-order valence-corrected chi connectivity index (χ3v) is 5.38. The molecule has 0 amide bonds. The molecule has 0 aliphatic carbocycles. The Morgan fingerprint density at radius 2 is 2.27 bits per heavy atom. The van der Waals surface area contributed by atoms with E-state index in [2.05, 4.69) is 30.0 Å². The molecule has 1 aliphatic heterocycles. The SMILES string of the molecule is C=CCCNc1nc([NH][Tl])nc2c1ncn2C1OC(CO)[C@@H](O)[C@@]1(C)O. The zero-order valence-electron chi connectivity index (χ0n) is 14.3. The second kappa shape index (κ2) is 7.72. The topological polar surface area (TPSA) is 138 Å². The summed E-state index contributed by atoms with van der Waals surface area (Å²) in [6.45, 7) is 5.40. The maximum atomic E-state index is 10.7. The number of anilines is 2. The first-order valence-electron chi connectivity index (χ1n) is 8.16. The fraction of sp³-hybridized carbons (Fsp3) is 0.533. The minimum atomic E-state index is -1.61. The second-order valence-corrected chi connectivity index (χ2v) is 7.37. The first-order valence-corrected chi connectivity index (χ1v) is 10.4. The van der Waals surface area contributed by atoms with Crippen LogP contribution in [0.1, 0.15) is 19.6 Å². The van der Waals surface area contributed by atoms with E-state index in [0.29, 0.717) is 55.5 Å². The van der Waals surface area contributed by atoms with Gasteiger partial charge in [-0.2, -0.15) is 0 Å². The van der Waals surface area contributed by atoms with E-state index < -0.39 is 30.6 Å². The van der Waals surface area contributed by atoms with Gasteiger partial charge >= 0.3 is 167 Å². The zero-order chi connectivity index (χ0) is 18.9. The first-order chi connectivity index (χ1) is 12.4. The van der Waals surface area contributed by atoms with E-state index in [1.54, 1.807) is 10.6 Å². The molecular formula is C15H21N6O4Tl. The summed E-state index contributed by atoms with van der Waals surface area (Å²) in [7, 11) is 0. The van der Waals surface area contributed by atoms with E-state index in [1.165, 1.54) is 13.3 Å². The Hall–Kier alpha value is -1.35. The van der Waals surface area contributed by atoms with Gasteiger partial charge in [-0.05, 0) is 0 Å². The van der Waals surface area contributed by atoms with Gasteiger partial charge in [0.2, 0.25) is 0 Å². The maximum absolute atomic E-state index is 10.7. The number of fused-ring (bicyclic) bond motifs is 1. The molecule has 2 aromatic heterocycles. The Kier molecular flexibility index (Phi) is 5.76. The van der Waals surface area contributed by atoms with Crippen molar-refractivity contribution in [3.63, 3.8) is 0 Å². The molecular weight excluding hydrogens is 533 g/mol. The molecule has 26 heavy (non-hydrogen) atoms. The van der Waals surface area contributed by atoms with E-state index in [9.17, 15) is 15.3 Å². The Morgan fingerprint density at radius 1 is 1.50 bits per heavy atom. The van der Waals surface area contributed by atoms with Crippen LogP contribution in [0.4, 0.5) is 11.8 Å². The van der Waals surface area contributed by atoms with Gasteiger partial charge in [-0.3, -0.25) is 0 Å². The summed E-state index contributed by atoms with van der Waals surface area (Å²) in [4.78, 5) is 13.2. The number of aliphatic hydroxyl groups is 3. The number of rotatable bonds is 7. The molecule has 10 nitrogen and oxygen atoms in total. The van der Waals surface area contributed by atoms with Gasteiger partial charge in [0.25, 0.3) is 0 Å². The molecule has 0 radical (unpaired) electrons. The van der Waals surface area contributed by atoms with Crippen molar-refractivity contribution in [1.29, 1.82) is 0 Å². The van der Waals surface area contributed by atoms with Crippen LogP contribution in [-0.4, -0.2) is 91.9 Å². The molecule has 1 saturated heterocycles. The number of hydrogen-bond donors (Lipinski definition) is 5. The summed E-state index contributed by atoms with van der Waals surface area (Å²) in [5.41, 5.74) is -0.627. The van der Waals surface area contributed by atoms with Crippen molar-refractivity contribution in [1.82, 2.24) is 19.5 Å². The zero-order valence-corrected chi connectivity index (χ0v) is 18.8. The summed E-state index contributed by atoms with van der Waals surface area (Å²) in [5.74, 6) is 1.01. The monoisotopic (exact) mass is 554 g/mol. The molecule has 2 unspecified atom stereocenters. The van der Waals surface area contributed by atoms with Crippen LogP contribution in [0.5, 0.6) is 0 Å². The van der Waals surface area contributed by atoms with Gasteiger partial charge in [0.15, 0.2) is 0 Å². The van der Waals surface area contributed by atoms with Crippen molar-refractivity contribution in [3.8, 4) is 0 Å². The average molecular weight is 554 g/mol. The average Bonchev–Trinajstić information content (AvgIpc) is 3.14. The van der Waals surface area contributed by atoms with E-state index in [0.717, 1.165) is 6.42 Å². The van der Waals surface area contributed by atoms with Crippen molar-refractivity contribution < 1.29 is 20.1 Å². The molecule has 0 spiro atoms. The third kappa shape index (κ3) is 3.31. The van der Waals surface area contributed by atoms with Crippen molar-refractivity contribution in [3.05, 3.63) is 19.0 Å². The van der Waals surface area contributed by atoms with Crippen LogP contribution in [0.25, 0.3) is 11.2 Å². The van der Waals surface area contributed by atoms with Gasteiger partial charge in [-0.1, -0.05) is 0 Å². The van der Waals surface area contributed by atoms with Crippen LogP contribution in [0, 0.1) is 0 Å². The Morgan fingerprint density at radius 3 is 2.88 bits per heavy atom. The van der Waals surface area contributed by atoms with Crippen LogP contribution in [0.2, 0.25) is 0 Å². The van der Waals surface area contributed by atoms with E-state index in [-0.39, 0.29) is 0 Å². The molecule has 3 heterocycles. The summed E-state index contributed by atoms with van der Waals surface area (Å²) in [5, 5.41) is 33.5. The molecule has 11 heteroatoms. The molecule has 2 aromatic rings. The van der Waals surface area contributed by atoms with Crippen LogP contribution in [0.3, 0.4) is 0 Å². The fourth-order valence-corrected chi connectivity index (χ4v) is 3.46. The summed E-state index contributed by atoms with van der Waals surface area (Å²) in [6, 6.07) is 0. The number of imidazole rings is 1. The molecule has 138 valence electrons. The van der Waals surface area contributed by atoms with E-state index in [1.807, 2.05) is 0 Å². The summed E-state index contributed by atoms with van der Waals surface area (Å²) < 4.78 is 10.3. The van der Waals surface area contributed by atoms with Gasteiger partial charge in [-0.25, -0.2) is 0 Å². The summed E-state index contributed by atoms with van der Waals surface area (Å²) >= 11 is 0.446. The van der Waals surface area contributed by atoms with Crippen LogP contribution in [0.15, 0.2) is 19.0 Å². The van der Waals surface area contributed by atoms with Crippen LogP contribution >= 0.6 is 0 Å². The Balaban J connectivity index is 2.05. The molecule has 4 atom stereocenters. The summed E-state index contributed by atoms with van der Waals surface area (Å²) in [6.07, 6.45) is 0.986. The number of nitrogens with one attached hydrogen (secondary N) is 2. The molecule has 0 aromatic carbocycles. The van der Waals surface area contributed by atoms with Gasteiger partial charge in [0.05, 0.1) is 0 Å². The standard InChI is InChI=1S/C15H21N6O4.Tl/c1-3-4-5-17-11-9-12(20-14(16)19-11)21(7-18-9)13-15(2,24)10(23)8(6-22)25-13;/h3,7-8,10,13,22-24H,1,4-6H2,2H3,(H2-,16,17,19,20);/q-1;+1/t8?,10-,13?,15-;/m1./s1. The molecule has 5 N–H and O–H groups in total. The molecule has 1 aliphatic rings. The quantitative estimate of drug-likeness (QED) is 0.171. The number of ether oxygens (including phenoxy) is 1. The number of aromatic nitrogens is 4. The molecule has 3 rings (SSSR count). The van der Waals surface area contributed by atoms with Crippen molar-refractivity contribution in [2.75, 3.05) is 21.6 Å². The predicted octanol–water partition coefficient (Wildman–Crippen LogP) is -0.689. The first kappa shape index (κ1) is 19.4. The van der Waals surface area contributed by atoms with E-state index >= 15 is 0 Å². The third-order valence-electron chi connectivity index (χ3n) is 4.38. The van der Waals surface area contributed by atoms with Crippen molar-refractivity contribution in [2.45, 2.75) is 37.4 Å². The number of nitrogens with zero attached hydrogens (tertiary/aromatic N) is 4. The van der Waals surface area contributed by atoms with Gasteiger partial charge in [-0.15, -0.1) is 0 Å². The molecule has 1 fully saturated rings. The minimum absolute atomic E-state index is 0.404. The Labute approximate surface area is 166 Å². The predicted molar refractivity (Wildman–Crippen MR) is 95.6 cm³/mol. The van der Waals surface area contributed by atoms with Gasteiger partial charge in [0, 0.05) is 0 Å². The normalized spacial score (nSPS) is 28.3. The second-order valence-electron chi connectivity index (χ2n) is 6.25. The van der Waals surface area contributed by atoms with Gasteiger partial charge in [0.1, 0.15) is 0 Å².